The van der Waals surface area contributed by atoms with Crippen LogP contribution in [-0.2, 0) is 10.8 Å². The van der Waals surface area contributed by atoms with Crippen LogP contribution in [0.25, 0.3) is 0 Å². The Labute approximate surface area is 77.1 Å². The van der Waals surface area contributed by atoms with Gasteiger partial charge in [-0.3, -0.25) is 9.11 Å². The lowest BCUT2D eigenvalue weighted by Crippen LogP contribution is -2.49. The average Bonchev–Trinajstić information content (AvgIpc) is 2.07. The fourth-order valence-electron chi connectivity index (χ4n) is 1.54. The van der Waals surface area contributed by atoms with E-state index in [-0.39, 0.29) is 0 Å². The molecule has 3 unspecified atom stereocenters. The van der Waals surface area contributed by atoms with Gasteiger partial charge in [-0.2, -0.15) is 0 Å². The highest BCUT2D eigenvalue weighted by Gasteiger charge is 2.28. The summed E-state index contributed by atoms with van der Waals surface area (Å²) in [4.78, 5) is 2.33. The van der Waals surface area contributed by atoms with Crippen LogP contribution >= 0.6 is 0 Å². The van der Waals surface area contributed by atoms with E-state index >= 15 is 0 Å². The van der Waals surface area contributed by atoms with Crippen LogP contribution in [0.4, 0.5) is 0 Å². The highest BCUT2D eigenvalue weighted by molar-refractivity contribution is 7.85. The Hall–Kier alpha value is -0.150. The summed E-state index contributed by atoms with van der Waals surface area (Å²) in [6.45, 7) is 9.79. The summed E-state index contributed by atoms with van der Waals surface area (Å²) < 4.78 is 11.4. The van der Waals surface area contributed by atoms with E-state index in [1.165, 1.54) is 0 Å². The van der Waals surface area contributed by atoms with Crippen LogP contribution in [0, 0.1) is 0 Å². The fraction of sp³-hybridized carbons (Fsp3) is 0.778. The molecule has 0 aromatic rings. The standard InChI is InChI=1S/C9H17NOS/c1-4-5-10-6-7-12(11)9(3)8(10)2/h4,8-9H,1,5-7H2,2-3H3. The largest absolute Gasteiger partial charge is 0.295 e. The zero-order chi connectivity index (χ0) is 9.14. The van der Waals surface area contributed by atoms with E-state index < -0.39 is 10.8 Å². The predicted molar refractivity (Wildman–Crippen MR) is 53.7 cm³/mol. The Kier molecular flexibility index (Phi) is 3.47. The van der Waals surface area contributed by atoms with E-state index in [2.05, 4.69) is 25.3 Å². The van der Waals surface area contributed by atoms with E-state index in [1.807, 2.05) is 6.08 Å². The summed E-state index contributed by atoms with van der Waals surface area (Å²) >= 11 is 0. The topological polar surface area (TPSA) is 20.3 Å². The molecule has 1 fully saturated rings. The molecule has 1 aliphatic heterocycles. The summed E-state index contributed by atoms with van der Waals surface area (Å²) in [5.74, 6) is 0.819. The van der Waals surface area contributed by atoms with Gasteiger partial charge in [0, 0.05) is 40.9 Å². The van der Waals surface area contributed by atoms with E-state index in [1.54, 1.807) is 0 Å². The van der Waals surface area contributed by atoms with Crippen LogP contribution in [0.1, 0.15) is 13.8 Å². The monoisotopic (exact) mass is 187 g/mol. The molecule has 1 heterocycles. The minimum atomic E-state index is -0.615. The Balaban J connectivity index is 2.58. The second kappa shape index (κ2) is 4.19. The van der Waals surface area contributed by atoms with Crippen LogP contribution < -0.4 is 0 Å². The lowest BCUT2D eigenvalue weighted by atomic mass is 10.2. The first-order valence-corrected chi connectivity index (χ1v) is 5.77. The van der Waals surface area contributed by atoms with Gasteiger partial charge in [-0.15, -0.1) is 6.58 Å². The number of nitrogens with zero attached hydrogens (tertiary/aromatic N) is 1. The van der Waals surface area contributed by atoms with Gasteiger partial charge in [-0.05, 0) is 13.8 Å². The summed E-state index contributed by atoms with van der Waals surface area (Å²) in [6.07, 6.45) is 1.91. The van der Waals surface area contributed by atoms with Gasteiger partial charge in [0.25, 0.3) is 0 Å². The third-order valence-corrected chi connectivity index (χ3v) is 4.42. The van der Waals surface area contributed by atoms with Crippen molar-refractivity contribution in [2.24, 2.45) is 0 Å². The fourth-order valence-corrected chi connectivity index (χ4v) is 2.93. The van der Waals surface area contributed by atoms with Crippen molar-refractivity contribution in [1.82, 2.24) is 4.90 Å². The molecule has 0 aromatic heterocycles. The second-order valence-corrected chi connectivity index (χ2v) is 5.23. The van der Waals surface area contributed by atoms with Crippen LogP contribution in [-0.4, -0.2) is 39.2 Å². The molecular weight excluding hydrogens is 170 g/mol. The molecule has 12 heavy (non-hydrogen) atoms. The van der Waals surface area contributed by atoms with E-state index in [0.29, 0.717) is 11.3 Å². The van der Waals surface area contributed by atoms with Gasteiger partial charge in [-0.25, -0.2) is 0 Å². The third-order valence-electron chi connectivity index (χ3n) is 2.61. The molecule has 0 saturated carbocycles. The van der Waals surface area contributed by atoms with Crippen LogP contribution in [0.3, 0.4) is 0 Å². The van der Waals surface area contributed by atoms with E-state index in [4.69, 9.17) is 0 Å². The molecular formula is C9H17NOS. The van der Waals surface area contributed by atoms with Crippen molar-refractivity contribution in [3.05, 3.63) is 12.7 Å². The van der Waals surface area contributed by atoms with E-state index in [0.717, 1.165) is 18.8 Å². The van der Waals surface area contributed by atoms with Crippen LogP contribution in [0.5, 0.6) is 0 Å². The number of hydrogen-bond acceptors (Lipinski definition) is 2. The summed E-state index contributed by atoms with van der Waals surface area (Å²) in [6, 6.07) is 0.428. The molecule has 1 aliphatic rings. The molecule has 0 bridgehead atoms. The number of rotatable bonds is 2. The SMILES string of the molecule is C=CCN1CCS(=O)C(C)C1C. The molecule has 3 atom stereocenters. The minimum absolute atomic E-state index is 0.304. The molecule has 0 amide bonds. The highest BCUT2D eigenvalue weighted by atomic mass is 32.2. The maximum absolute atomic E-state index is 11.4. The molecule has 70 valence electrons. The molecule has 3 heteroatoms. The Morgan fingerprint density at radius 1 is 1.67 bits per heavy atom. The Bertz CT molecular complexity index is 193. The van der Waals surface area contributed by atoms with Crippen LogP contribution in [0.2, 0.25) is 0 Å². The predicted octanol–water partition coefficient (Wildman–Crippen LogP) is 1.01. The van der Waals surface area contributed by atoms with Crippen molar-refractivity contribution in [2.75, 3.05) is 18.8 Å². The average molecular weight is 187 g/mol. The normalized spacial score (nSPS) is 38.0. The van der Waals surface area contributed by atoms with Gasteiger partial charge in [-0.1, -0.05) is 6.08 Å². The summed E-state index contributed by atoms with van der Waals surface area (Å²) in [7, 11) is -0.615. The second-order valence-electron chi connectivity index (χ2n) is 3.31. The van der Waals surface area contributed by atoms with Crippen molar-refractivity contribution in [2.45, 2.75) is 25.1 Å². The molecule has 0 N–H and O–H groups in total. The zero-order valence-corrected chi connectivity index (χ0v) is 8.64. The maximum atomic E-state index is 11.4. The van der Waals surface area contributed by atoms with Crippen molar-refractivity contribution < 1.29 is 4.21 Å². The third kappa shape index (κ3) is 1.96. The molecule has 0 aromatic carbocycles. The van der Waals surface area contributed by atoms with Gasteiger partial charge in [0.1, 0.15) is 0 Å². The first-order valence-electron chi connectivity index (χ1n) is 4.39. The number of hydrogen-bond donors (Lipinski definition) is 0. The molecule has 1 saturated heterocycles. The molecule has 0 aliphatic carbocycles. The van der Waals surface area contributed by atoms with Crippen molar-refractivity contribution >= 4 is 10.8 Å². The smallest absolute Gasteiger partial charge is 0.0473 e. The zero-order valence-electron chi connectivity index (χ0n) is 7.82. The van der Waals surface area contributed by atoms with Gasteiger partial charge < -0.3 is 0 Å². The first-order chi connectivity index (χ1) is 5.66. The minimum Gasteiger partial charge on any atom is -0.295 e. The first kappa shape index (κ1) is 9.93. The van der Waals surface area contributed by atoms with Crippen LogP contribution in [0.15, 0.2) is 12.7 Å². The van der Waals surface area contributed by atoms with E-state index in [9.17, 15) is 4.21 Å². The Morgan fingerprint density at radius 2 is 2.33 bits per heavy atom. The summed E-state index contributed by atoms with van der Waals surface area (Å²) in [5, 5.41) is 0.304. The molecule has 1 rings (SSSR count). The van der Waals surface area contributed by atoms with Gasteiger partial charge >= 0.3 is 0 Å². The van der Waals surface area contributed by atoms with Crippen molar-refractivity contribution in [3.63, 3.8) is 0 Å². The van der Waals surface area contributed by atoms with Crippen molar-refractivity contribution in [1.29, 1.82) is 0 Å². The quantitative estimate of drug-likeness (QED) is 0.601. The molecule has 0 spiro atoms. The lowest BCUT2D eigenvalue weighted by molar-refractivity contribution is 0.232. The summed E-state index contributed by atoms with van der Waals surface area (Å²) in [5.41, 5.74) is 0. The van der Waals surface area contributed by atoms with Gasteiger partial charge in [0.2, 0.25) is 0 Å². The van der Waals surface area contributed by atoms with Gasteiger partial charge in [0.15, 0.2) is 0 Å². The molecule has 0 radical (unpaired) electrons. The van der Waals surface area contributed by atoms with Crippen molar-refractivity contribution in [3.8, 4) is 0 Å². The highest BCUT2D eigenvalue weighted by Crippen LogP contribution is 2.15. The lowest BCUT2D eigenvalue weighted by Gasteiger charge is -2.36. The maximum Gasteiger partial charge on any atom is 0.0473 e. The molecule has 2 nitrogen and oxygen atoms in total. The Morgan fingerprint density at radius 3 is 2.92 bits per heavy atom. The van der Waals surface area contributed by atoms with Gasteiger partial charge in [0.05, 0.1) is 0 Å².